The zero-order chi connectivity index (χ0) is 4.50. The van der Waals surface area contributed by atoms with Gasteiger partial charge in [0, 0.05) is 21.7 Å². The van der Waals surface area contributed by atoms with Crippen LogP contribution in [0.4, 0.5) is 0 Å². The molecular formula is H4LiO4PTi. The molecule has 0 aliphatic carbocycles. The summed E-state index contributed by atoms with van der Waals surface area (Å²) in [6, 6.07) is 0. The van der Waals surface area contributed by atoms with Crippen LogP contribution in [0.15, 0.2) is 0 Å². The van der Waals surface area contributed by atoms with Crippen LogP contribution in [0, 0.1) is 0 Å². The molecule has 0 aromatic carbocycles. The SMILES string of the molecule is O=P(O)(O)O.[LiH].[Ti]. The molecule has 7 heteroatoms. The van der Waals surface area contributed by atoms with Gasteiger partial charge in [-0.3, -0.25) is 0 Å². The van der Waals surface area contributed by atoms with Gasteiger partial charge < -0.3 is 14.7 Å². The molecule has 7 heavy (non-hydrogen) atoms. The van der Waals surface area contributed by atoms with E-state index >= 15 is 0 Å². The number of phosphoric acid groups is 1. The van der Waals surface area contributed by atoms with Gasteiger partial charge >= 0.3 is 26.7 Å². The predicted molar refractivity (Wildman–Crippen MR) is 21.4 cm³/mol. The summed E-state index contributed by atoms with van der Waals surface area (Å²) in [6.45, 7) is 0. The molecule has 3 N–H and O–H groups in total. The van der Waals surface area contributed by atoms with Crippen molar-refractivity contribution in [3.63, 3.8) is 0 Å². The molecule has 0 saturated heterocycles. The number of hydrogen-bond donors (Lipinski definition) is 3. The van der Waals surface area contributed by atoms with Gasteiger partial charge in [0.1, 0.15) is 0 Å². The average Bonchev–Trinajstić information content (AvgIpc) is 0.722. The average molecular weight is 154 g/mol. The van der Waals surface area contributed by atoms with Gasteiger partial charge in [0.05, 0.1) is 0 Å². The van der Waals surface area contributed by atoms with Crippen LogP contribution >= 0.6 is 7.82 Å². The standard InChI is InChI=1S/Li.H3O4P.Ti.H/c;1-5(2,3)4;;/h;(H3,1,2,3,4);;. The van der Waals surface area contributed by atoms with Crippen LogP contribution in [-0.4, -0.2) is 33.5 Å². The third kappa shape index (κ3) is 108. The molecule has 0 unspecified atom stereocenters. The van der Waals surface area contributed by atoms with Crippen molar-refractivity contribution in [2.24, 2.45) is 0 Å². The van der Waals surface area contributed by atoms with E-state index in [-0.39, 0.29) is 40.6 Å². The summed E-state index contributed by atoms with van der Waals surface area (Å²) in [4.78, 5) is 21.6. The smallest absolute Gasteiger partial charge is 0 e. The van der Waals surface area contributed by atoms with Crippen LogP contribution in [0.25, 0.3) is 0 Å². The quantitative estimate of drug-likeness (QED) is 0.290. The Morgan fingerprint density at radius 2 is 1.14 bits per heavy atom. The van der Waals surface area contributed by atoms with Gasteiger partial charge in [0.15, 0.2) is 0 Å². The Kier molecular flexibility index (Phi) is 12.5. The van der Waals surface area contributed by atoms with Crippen LogP contribution in [0.2, 0.25) is 0 Å². The maximum absolute atomic E-state index is 8.88. The van der Waals surface area contributed by atoms with E-state index in [0.717, 1.165) is 0 Å². The summed E-state index contributed by atoms with van der Waals surface area (Å²) in [6.07, 6.45) is 0. The van der Waals surface area contributed by atoms with Crippen molar-refractivity contribution >= 4 is 26.7 Å². The summed E-state index contributed by atoms with van der Waals surface area (Å²) in [7, 11) is -4.64. The van der Waals surface area contributed by atoms with Crippen molar-refractivity contribution in [1.82, 2.24) is 0 Å². The zero-order valence-electron chi connectivity index (χ0n) is 2.70. The molecule has 0 aliphatic rings. The second-order valence-electron chi connectivity index (χ2n) is 0.513. The summed E-state index contributed by atoms with van der Waals surface area (Å²) < 4.78 is 8.88. The molecule has 0 aromatic rings. The molecule has 0 spiro atoms. The Balaban J connectivity index is -0.0000000800. The normalized spacial score (nSPS) is 8.43. The summed E-state index contributed by atoms with van der Waals surface area (Å²) in [5.41, 5.74) is 0. The van der Waals surface area contributed by atoms with Gasteiger partial charge in [-0.2, -0.15) is 0 Å². The first-order valence-corrected chi connectivity index (χ1v) is 2.35. The van der Waals surface area contributed by atoms with Crippen molar-refractivity contribution in [2.75, 3.05) is 0 Å². The van der Waals surface area contributed by atoms with Crippen molar-refractivity contribution < 1.29 is 41.0 Å². The van der Waals surface area contributed by atoms with Crippen molar-refractivity contribution in [1.29, 1.82) is 0 Å². The molecule has 0 radical (unpaired) electrons. The molecule has 4 nitrogen and oxygen atoms in total. The minimum absolute atomic E-state index is 0. The Morgan fingerprint density at radius 3 is 1.14 bits per heavy atom. The number of hydrogen-bond acceptors (Lipinski definition) is 1. The van der Waals surface area contributed by atoms with Crippen LogP contribution in [0.1, 0.15) is 0 Å². The maximum atomic E-state index is 8.88. The van der Waals surface area contributed by atoms with E-state index in [1.807, 2.05) is 0 Å². The largest absolute Gasteiger partial charge is 0 e. The van der Waals surface area contributed by atoms with Gasteiger partial charge in [-0.15, -0.1) is 0 Å². The van der Waals surface area contributed by atoms with Crippen molar-refractivity contribution in [2.45, 2.75) is 0 Å². The van der Waals surface area contributed by atoms with Gasteiger partial charge in [-0.1, -0.05) is 0 Å². The molecule has 0 atom stereocenters. The fourth-order valence-electron chi connectivity index (χ4n) is 0. The third-order valence-corrected chi connectivity index (χ3v) is 0. The molecular weight excluding hydrogens is 150 g/mol. The first kappa shape index (κ1) is 15.8. The van der Waals surface area contributed by atoms with E-state index in [1.54, 1.807) is 0 Å². The topological polar surface area (TPSA) is 77.8 Å². The Morgan fingerprint density at radius 1 is 1.14 bits per heavy atom. The van der Waals surface area contributed by atoms with Gasteiger partial charge in [-0.25, -0.2) is 4.57 Å². The van der Waals surface area contributed by atoms with E-state index in [4.69, 9.17) is 19.2 Å². The summed E-state index contributed by atoms with van der Waals surface area (Å²) in [5, 5.41) is 0. The number of rotatable bonds is 0. The molecule has 0 saturated carbocycles. The van der Waals surface area contributed by atoms with Crippen LogP contribution in [0.5, 0.6) is 0 Å². The molecule has 0 rings (SSSR count). The van der Waals surface area contributed by atoms with Gasteiger partial charge in [0.2, 0.25) is 0 Å². The monoisotopic (exact) mass is 154 g/mol. The van der Waals surface area contributed by atoms with Crippen LogP contribution < -0.4 is 0 Å². The fourth-order valence-corrected chi connectivity index (χ4v) is 0. The molecule has 0 bridgehead atoms. The minimum atomic E-state index is -4.64. The van der Waals surface area contributed by atoms with Crippen LogP contribution in [-0.2, 0) is 26.3 Å². The van der Waals surface area contributed by atoms with Gasteiger partial charge in [-0.05, 0) is 0 Å². The van der Waals surface area contributed by atoms with Crippen molar-refractivity contribution in [3.05, 3.63) is 0 Å². The summed E-state index contributed by atoms with van der Waals surface area (Å²) in [5.74, 6) is 0. The fraction of sp³-hybridized carbons (Fsp3) is 0. The Bertz CT molecular complexity index is 57.8. The summed E-state index contributed by atoms with van der Waals surface area (Å²) >= 11 is 0. The molecule has 0 aromatic heterocycles. The van der Waals surface area contributed by atoms with E-state index < -0.39 is 7.82 Å². The molecule has 38 valence electrons. The molecule has 0 aliphatic heterocycles. The van der Waals surface area contributed by atoms with E-state index in [1.165, 1.54) is 0 Å². The first-order chi connectivity index (χ1) is 2.00. The molecule has 0 amide bonds. The minimum Gasteiger partial charge on any atom is 0 e. The van der Waals surface area contributed by atoms with Gasteiger partial charge in [0.25, 0.3) is 0 Å². The molecule has 0 heterocycles. The van der Waals surface area contributed by atoms with Crippen molar-refractivity contribution in [3.8, 4) is 0 Å². The van der Waals surface area contributed by atoms with E-state index in [9.17, 15) is 0 Å². The predicted octanol–water partition coefficient (Wildman–Crippen LogP) is -1.58. The first-order valence-electron chi connectivity index (χ1n) is 0.783. The van der Waals surface area contributed by atoms with E-state index in [2.05, 4.69) is 0 Å². The molecule has 0 fully saturated rings. The third-order valence-electron chi connectivity index (χ3n) is 0. The zero-order valence-corrected chi connectivity index (χ0v) is 5.15. The second kappa shape index (κ2) is 5.56. The van der Waals surface area contributed by atoms with Crippen LogP contribution in [0.3, 0.4) is 0 Å². The Hall–Kier alpha value is 1.42. The second-order valence-corrected chi connectivity index (χ2v) is 1.54. The maximum Gasteiger partial charge on any atom is 0 e. The Labute approximate surface area is 67.6 Å². The van der Waals surface area contributed by atoms with E-state index in [0.29, 0.717) is 0 Å².